The van der Waals surface area contributed by atoms with Crippen LogP contribution >= 0.6 is 7.60 Å². The molecule has 0 aliphatic heterocycles. The van der Waals surface area contributed by atoms with Gasteiger partial charge in [0.2, 0.25) is 5.91 Å². The molecule has 0 saturated carbocycles. The van der Waals surface area contributed by atoms with Gasteiger partial charge in [-0.15, -0.1) is 0 Å². The lowest BCUT2D eigenvalue weighted by atomic mass is 9.90. The zero-order valence-electron chi connectivity index (χ0n) is 12.5. The average molecular weight is 315 g/mol. The van der Waals surface area contributed by atoms with Crippen LogP contribution in [-0.4, -0.2) is 20.8 Å². The molecular formula is C14H22NO5P. The van der Waals surface area contributed by atoms with Gasteiger partial charge in [0, 0.05) is 12.6 Å². The highest BCUT2D eigenvalue weighted by molar-refractivity contribution is 7.53. The Hall–Kier alpha value is -1.20. The van der Waals surface area contributed by atoms with Gasteiger partial charge in [-0.1, -0.05) is 26.0 Å². The van der Waals surface area contributed by atoms with Crippen molar-refractivity contribution in [2.75, 3.05) is 5.32 Å². The van der Waals surface area contributed by atoms with E-state index in [0.29, 0.717) is 16.8 Å². The van der Waals surface area contributed by atoms with E-state index >= 15 is 0 Å². The van der Waals surface area contributed by atoms with Crippen molar-refractivity contribution < 1.29 is 24.3 Å². The van der Waals surface area contributed by atoms with Crippen LogP contribution in [0.25, 0.3) is 0 Å². The molecule has 0 unspecified atom stereocenters. The van der Waals surface area contributed by atoms with Gasteiger partial charge in [0.1, 0.15) is 0 Å². The summed E-state index contributed by atoms with van der Waals surface area (Å²) in [6.07, 6.45) is 0.435. The molecule has 21 heavy (non-hydrogen) atoms. The lowest BCUT2D eigenvalue weighted by molar-refractivity contribution is -0.114. The first-order chi connectivity index (χ1) is 9.71. The second kappa shape index (κ2) is 6.71. The molecule has 7 heteroatoms. The first-order valence-electron chi connectivity index (χ1n) is 6.79. The Balaban J connectivity index is 3.61. The molecule has 0 bridgehead atoms. The highest BCUT2D eigenvalue weighted by Crippen LogP contribution is 2.62. The lowest BCUT2D eigenvalue weighted by Crippen LogP contribution is -2.27. The third-order valence-corrected chi connectivity index (χ3v) is 5.79. The number of rotatable bonds is 6. The number of aliphatic hydroxyl groups is 1. The van der Waals surface area contributed by atoms with Crippen LogP contribution in [0.5, 0.6) is 0 Å². The first kappa shape index (κ1) is 17.9. The molecule has 0 atom stereocenters. The van der Waals surface area contributed by atoms with Gasteiger partial charge in [-0.2, -0.15) is 0 Å². The summed E-state index contributed by atoms with van der Waals surface area (Å²) in [4.78, 5) is 31.0. The quantitative estimate of drug-likeness (QED) is 0.603. The van der Waals surface area contributed by atoms with E-state index in [1.807, 2.05) is 0 Å². The number of carbonyl (C=O) groups excluding carboxylic acids is 1. The maximum Gasteiger partial charge on any atom is 0.336 e. The first-order valence-corrected chi connectivity index (χ1v) is 8.40. The zero-order valence-corrected chi connectivity index (χ0v) is 13.4. The molecule has 1 amide bonds. The summed E-state index contributed by atoms with van der Waals surface area (Å²) in [5.74, 6) is -0.320. The number of carbonyl (C=O) groups is 1. The predicted molar refractivity (Wildman–Crippen MR) is 81.0 cm³/mol. The van der Waals surface area contributed by atoms with E-state index in [0.717, 1.165) is 0 Å². The normalized spacial score (nSPS) is 12.3. The van der Waals surface area contributed by atoms with Crippen molar-refractivity contribution in [3.63, 3.8) is 0 Å². The summed E-state index contributed by atoms with van der Waals surface area (Å²) < 4.78 is 12.1. The van der Waals surface area contributed by atoms with Crippen LogP contribution in [-0.2, 0) is 21.1 Å². The molecule has 0 saturated heterocycles. The number of nitrogens with one attached hydrogen (secondary N) is 1. The molecule has 6 nitrogen and oxygen atoms in total. The van der Waals surface area contributed by atoms with Gasteiger partial charge in [-0.05, 0) is 30.0 Å². The molecule has 0 radical (unpaired) electrons. The lowest BCUT2D eigenvalue weighted by Gasteiger charge is -2.34. The number of hydrogen-bond donors (Lipinski definition) is 4. The van der Waals surface area contributed by atoms with Crippen LogP contribution in [0, 0.1) is 0 Å². The molecule has 1 aromatic rings. The van der Waals surface area contributed by atoms with Gasteiger partial charge >= 0.3 is 7.60 Å². The molecule has 4 N–H and O–H groups in total. The van der Waals surface area contributed by atoms with Crippen molar-refractivity contribution >= 4 is 19.2 Å². The number of anilines is 1. The van der Waals surface area contributed by atoms with E-state index in [9.17, 15) is 24.3 Å². The number of aliphatic hydroxyl groups excluding tert-OH is 1. The van der Waals surface area contributed by atoms with Gasteiger partial charge in [-0.3, -0.25) is 9.36 Å². The van der Waals surface area contributed by atoms with Crippen LogP contribution in [0.3, 0.4) is 0 Å². The van der Waals surface area contributed by atoms with Crippen molar-refractivity contribution in [3.05, 3.63) is 29.3 Å². The van der Waals surface area contributed by atoms with Crippen molar-refractivity contribution in [2.24, 2.45) is 0 Å². The van der Waals surface area contributed by atoms with Crippen molar-refractivity contribution in [1.82, 2.24) is 0 Å². The van der Waals surface area contributed by atoms with Crippen molar-refractivity contribution in [2.45, 2.75) is 45.4 Å². The maximum atomic E-state index is 12.1. The summed E-state index contributed by atoms with van der Waals surface area (Å²) in [6.45, 7) is 4.50. The minimum absolute atomic E-state index is 0.218. The third kappa shape index (κ3) is 3.52. The summed E-state index contributed by atoms with van der Waals surface area (Å²) in [7, 11) is -4.46. The molecule has 0 fully saturated rings. The maximum absolute atomic E-state index is 12.1. The molecule has 0 aliphatic rings. The standard InChI is InChI=1S/C14H22NO5P/c1-4-14(5-2,21(18,19)20)12-8-11(9-16)6-7-13(12)15-10(3)17/h6-8,16H,4-5,9H2,1-3H3,(H,15,17)(H2,18,19,20). The van der Waals surface area contributed by atoms with Gasteiger partial charge in [0.15, 0.2) is 0 Å². The fraction of sp³-hybridized carbons (Fsp3) is 0.500. The van der Waals surface area contributed by atoms with Gasteiger partial charge < -0.3 is 20.2 Å². The molecule has 0 spiro atoms. The Morgan fingerprint density at radius 2 is 1.86 bits per heavy atom. The Labute approximate surface area is 124 Å². The summed E-state index contributed by atoms with van der Waals surface area (Å²) >= 11 is 0. The van der Waals surface area contributed by atoms with Crippen molar-refractivity contribution in [1.29, 1.82) is 0 Å². The molecule has 1 rings (SSSR count). The highest BCUT2D eigenvalue weighted by atomic mass is 31.2. The van der Waals surface area contributed by atoms with E-state index in [4.69, 9.17) is 0 Å². The van der Waals surface area contributed by atoms with Gasteiger partial charge in [0.05, 0.1) is 11.8 Å². The fourth-order valence-electron chi connectivity index (χ4n) is 2.57. The molecule has 0 aliphatic carbocycles. The molecule has 0 aromatic heterocycles. The Morgan fingerprint density at radius 3 is 2.24 bits per heavy atom. The predicted octanol–water partition coefficient (Wildman–Crippen LogP) is 2.33. The summed E-state index contributed by atoms with van der Waals surface area (Å²) in [5, 5.41) is 10.5. The number of amides is 1. The second-order valence-electron chi connectivity index (χ2n) is 5.00. The molecule has 118 valence electrons. The minimum Gasteiger partial charge on any atom is -0.392 e. The summed E-state index contributed by atoms with van der Waals surface area (Å²) in [5.41, 5.74) is 1.27. The monoisotopic (exact) mass is 315 g/mol. The molecule has 0 heterocycles. The average Bonchev–Trinajstić information content (AvgIpc) is 2.40. The topological polar surface area (TPSA) is 107 Å². The van der Waals surface area contributed by atoms with E-state index < -0.39 is 12.8 Å². The second-order valence-corrected chi connectivity index (χ2v) is 6.95. The van der Waals surface area contributed by atoms with E-state index in [-0.39, 0.29) is 25.4 Å². The van der Waals surface area contributed by atoms with Crippen LogP contribution in [0.2, 0.25) is 0 Å². The van der Waals surface area contributed by atoms with E-state index in [1.54, 1.807) is 32.0 Å². The van der Waals surface area contributed by atoms with E-state index in [1.165, 1.54) is 6.92 Å². The fourth-order valence-corrected chi connectivity index (χ4v) is 3.90. The van der Waals surface area contributed by atoms with Gasteiger partial charge in [0.25, 0.3) is 0 Å². The van der Waals surface area contributed by atoms with E-state index in [2.05, 4.69) is 5.32 Å². The summed E-state index contributed by atoms with van der Waals surface area (Å²) in [6, 6.07) is 4.74. The Bertz CT molecular complexity index is 562. The number of hydrogen-bond acceptors (Lipinski definition) is 3. The SMILES string of the molecule is CCC(CC)(c1cc(CO)ccc1NC(C)=O)P(=O)(O)O. The molecule has 1 aromatic carbocycles. The minimum atomic E-state index is -4.46. The van der Waals surface area contributed by atoms with Crippen LogP contribution in [0.15, 0.2) is 18.2 Å². The van der Waals surface area contributed by atoms with Crippen molar-refractivity contribution in [3.8, 4) is 0 Å². The smallest absolute Gasteiger partial charge is 0.336 e. The van der Waals surface area contributed by atoms with Crippen LogP contribution in [0.1, 0.15) is 44.7 Å². The zero-order chi connectivity index (χ0) is 16.3. The van der Waals surface area contributed by atoms with Gasteiger partial charge in [-0.25, -0.2) is 0 Å². The Morgan fingerprint density at radius 1 is 1.29 bits per heavy atom. The third-order valence-electron chi connectivity index (χ3n) is 3.81. The number of benzene rings is 1. The Kier molecular flexibility index (Phi) is 5.70. The van der Waals surface area contributed by atoms with Crippen LogP contribution < -0.4 is 5.32 Å². The highest BCUT2D eigenvalue weighted by Gasteiger charge is 2.46. The molecular weight excluding hydrogens is 293 g/mol. The largest absolute Gasteiger partial charge is 0.392 e. The van der Waals surface area contributed by atoms with Crippen LogP contribution in [0.4, 0.5) is 5.69 Å².